The van der Waals surface area contributed by atoms with Crippen molar-refractivity contribution in [2.45, 2.75) is 0 Å². The predicted octanol–water partition coefficient (Wildman–Crippen LogP) is 4.32. The van der Waals surface area contributed by atoms with Crippen LogP contribution in [0.1, 0.15) is 21.5 Å². The van der Waals surface area contributed by atoms with Crippen LogP contribution in [0.5, 0.6) is 0 Å². The summed E-state index contributed by atoms with van der Waals surface area (Å²) < 4.78 is 0. The molecule has 0 saturated heterocycles. The molecular weight excluding hydrogens is 463 g/mol. The van der Waals surface area contributed by atoms with Gasteiger partial charge in [-0.15, -0.1) is 0 Å². The lowest BCUT2D eigenvalue weighted by atomic mass is 9.94. The number of carbonyl (C=O) groups excluding carboxylic acids is 1. The second kappa shape index (κ2) is 10.7. The molecule has 1 amide bonds. The number of aliphatic carboxylic acids is 1. The Morgan fingerprint density at radius 1 is 0.848 bits per heavy atom. The number of carboxylic acids is 1. The Balaban J connectivity index is 2.03. The molecule has 0 aromatic heterocycles. The van der Waals surface area contributed by atoms with E-state index in [0.29, 0.717) is 38.0 Å². The average molecular weight is 483 g/mol. The molecular formula is C24H20Cl2N4O3. The number of nitrogens with two attached hydrogens (primary N) is 2. The van der Waals surface area contributed by atoms with Gasteiger partial charge in [0.25, 0.3) is 5.91 Å². The van der Waals surface area contributed by atoms with E-state index in [1.165, 1.54) is 6.07 Å². The first-order chi connectivity index (χ1) is 15.7. The molecule has 3 aromatic rings. The number of hydrogen-bond donors (Lipinski definition) is 4. The van der Waals surface area contributed by atoms with Crippen molar-refractivity contribution in [3.63, 3.8) is 0 Å². The van der Waals surface area contributed by atoms with E-state index < -0.39 is 11.9 Å². The number of carboxylic acid groups (broad SMARTS) is 1. The summed E-state index contributed by atoms with van der Waals surface area (Å²) in [7, 11) is 0. The monoisotopic (exact) mass is 482 g/mol. The minimum atomic E-state index is -1.16. The quantitative estimate of drug-likeness (QED) is 0.172. The maximum Gasteiger partial charge on any atom is 0.336 e. The summed E-state index contributed by atoms with van der Waals surface area (Å²) >= 11 is 12.3. The average Bonchev–Trinajstić information content (AvgIpc) is 2.75. The predicted molar refractivity (Wildman–Crippen MR) is 132 cm³/mol. The van der Waals surface area contributed by atoms with E-state index in [0.717, 1.165) is 0 Å². The SMILES string of the molecule is NC(N)=Nc1cccc(C(=O)NCC(=C(C(=O)O)c2ccccc2)c2cc(Cl)cc(Cl)c2)c1. The third-order valence-corrected chi connectivity index (χ3v) is 5.02. The van der Waals surface area contributed by atoms with Crippen LogP contribution in [0.15, 0.2) is 77.8 Å². The van der Waals surface area contributed by atoms with E-state index in [2.05, 4.69) is 10.3 Å². The van der Waals surface area contributed by atoms with Gasteiger partial charge in [-0.3, -0.25) is 4.79 Å². The van der Waals surface area contributed by atoms with Crippen LogP contribution in [0.2, 0.25) is 10.0 Å². The summed E-state index contributed by atoms with van der Waals surface area (Å²) in [5.74, 6) is -1.73. The number of halogens is 2. The van der Waals surface area contributed by atoms with Gasteiger partial charge in [0, 0.05) is 22.2 Å². The molecule has 0 atom stereocenters. The molecule has 0 saturated carbocycles. The molecule has 0 aliphatic heterocycles. The second-order valence-corrected chi connectivity index (χ2v) is 7.83. The Morgan fingerprint density at radius 2 is 1.48 bits per heavy atom. The van der Waals surface area contributed by atoms with Crippen LogP contribution in [0.4, 0.5) is 5.69 Å². The zero-order chi connectivity index (χ0) is 24.0. The number of aliphatic imine (C=N–C) groups is 1. The van der Waals surface area contributed by atoms with E-state index in [1.54, 1.807) is 66.7 Å². The summed E-state index contributed by atoms with van der Waals surface area (Å²) in [6.07, 6.45) is 0. The maximum atomic E-state index is 12.8. The van der Waals surface area contributed by atoms with Crippen molar-refractivity contribution in [1.29, 1.82) is 0 Å². The van der Waals surface area contributed by atoms with Crippen LogP contribution in [-0.4, -0.2) is 29.5 Å². The van der Waals surface area contributed by atoms with E-state index in [1.807, 2.05) is 0 Å². The fraction of sp³-hybridized carbons (Fsp3) is 0.0417. The van der Waals surface area contributed by atoms with E-state index in [9.17, 15) is 14.7 Å². The minimum Gasteiger partial charge on any atom is -0.478 e. The molecule has 0 fully saturated rings. The lowest BCUT2D eigenvalue weighted by Gasteiger charge is -2.16. The van der Waals surface area contributed by atoms with Gasteiger partial charge in [-0.2, -0.15) is 0 Å². The summed E-state index contributed by atoms with van der Waals surface area (Å²) in [4.78, 5) is 29.0. The van der Waals surface area contributed by atoms with Crippen molar-refractivity contribution in [2.24, 2.45) is 16.5 Å². The van der Waals surface area contributed by atoms with Gasteiger partial charge >= 0.3 is 5.97 Å². The number of amides is 1. The Labute approximate surface area is 200 Å². The molecule has 3 aromatic carbocycles. The van der Waals surface area contributed by atoms with Crippen LogP contribution in [0.25, 0.3) is 11.1 Å². The normalized spacial score (nSPS) is 11.3. The molecule has 3 rings (SSSR count). The van der Waals surface area contributed by atoms with Gasteiger partial charge in [0.05, 0.1) is 11.3 Å². The molecule has 9 heteroatoms. The summed E-state index contributed by atoms with van der Waals surface area (Å²) in [6.45, 7) is -0.0987. The zero-order valence-corrected chi connectivity index (χ0v) is 18.8. The summed E-state index contributed by atoms with van der Waals surface area (Å²) in [5, 5.41) is 13.5. The first-order valence-electron chi connectivity index (χ1n) is 9.71. The number of nitrogens with one attached hydrogen (secondary N) is 1. The molecule has 168 valence electrons. The molecule has 0 aliphatic carbocycles. The molecule has 0 heterocycles. The first-order valence-corrected chi connectivity index (χ1v) is 10.5. The van der Waals surface area contributed by atoms with E-state index in [-0.39, 0.29) is 18.1 Å². The zero-order valence-electron chi connectivity index (χ0n) is 17.3. The Kier molecular flexibility index (Phi) is 7.71. The van der Waals surface area contributed by atoms with Crippen molar-refractivity contribution in [3.05, 3.63) is 99.5 Å². The van der Waals surface area contributed by atoms with E-state index >= 15 is 0 Å². The molecule has 0 bridgehead atoms. The fourth-order valence-electron chi connectivity index (χ4n) is 3.23. The molecule has 0 aliphatic rings. The highest BCUT2D eigenvalue weighted by Gasteiger charge is 2.20. The standard InChI is InChI=1S/C24H20Cl2N4O3/c25-17-9-16(10-18(26)12-17)20(21(23(32)33)14-5-2-1-3-6-14)13-29-22(31)15-7-4-8-19(11-15)30-24(27)28/h1-12H,13H2,(H,29,31)(H,32,33)(H4,27,28,30). The molecule has 0 unspecified atom stereocenters. The summed E-state index contributed by atoms with van der Waals surface area (Å²) in [5.41, 5.74) is 12.8. The van der Waals surface area contributed by atoms with Crippen molar-refractivity contribution in [2.75, 3.05) is 6.54 Å². The van der Waals surface area contributed by atoms with Gasteiger partial charge in [0.1, 0.15) is 0 Å². The second-order valence-electron chi connectivity index (χ2n) is 6.95. The third-order valence-electron chi connectivity index (χ3n) is 4.58. The number of hydrogen-bond acceptors (Lipinski definition) is 3. The highest BCUT2D eigenvalue weighted by atomic mass is 35.5. The highest BCUT2D eigenvalue weighted by molar-refractivity contribution is 6.35. The van der Waals surface area contributed by atoms with Crippen molar-refractivity contribution < 1.29 is 14.7 Å². The van der Waals surface area contributed by atoms with E-state index in [4.69, 9.17) is 34.7 Å². The van der Waals surface area contributed by atoms with Gasteiger partial charge < -0.3 is 21.9 Å². The lowest BCUT2D eigenvalue weighted by molar-refractivity contribution is -0.130. The van der Waals surface area contributed by atoms with Gasteiger partial charge in [-0.1, -0.05) is 59.6 Å². The number of rotatable bonds is 7. The van der Waals surface area contributed by atoms with Gasteiger partial charge in [0.15, 0.2) is 5.96 Å². The number of carbonyl (C=O) groups is 2. The topological polar surface area (TPSA) is 131 Å². The Hall–Kier alpha value is -3.81. The summed E-state index contributed by atoms with van der Waals surface area (Å²) in [6, 6.07) is 19.7. The molecule has 6 N–H and O–H groups in total. The van der Waals surface area contributed by atoms with Gasteiger partial charge in [-0.05, 0) is 53.1 Å². The van der Waals surface area contributed by atoms with Gasteiger partial charge in [-0.25, -0.2) is 9.79 Å². The van der Waals surface area contributed by atoms with Crippen molar-refractivity contribution in [3.8, 4) is 0 Å². The van der Waals surface area contributed by atoms with Gasteiger partial charge in [0.2, 0.25) is 0 Å². The van der Waals surface area contributed by atoms with Crippen LogP contribution >= 0.6 is 23.2 Å². The number of guanidine groups is 1. The number of nitrogens with zero attached hydrogens (tertiary/aromatic N) is 1. The maximum absolute atomic E-state index is 12.8. The van der Waals surface area contributed by atoms with Crippen LogP contribution in [-0.2, 0) is 4.79 Å². The minimum absolute atomic E-state index is 0.0171. The largest absolute Gasteiger partial charge is 0.478 e. The van der Waals surface area contributed by atoms with Crippen molar-refractivity contribution in [1.82, 2.24) is 5.32 Å². The highest BCUT2D eigenvalue weighted by Crippen LogP contribution is 2.30. The Morgan fingerprint density at radius 3 is 2.09 bits per heavy atom. The van der Waals surface area contributed by atoms with Crippen LogP contribution in [0.3, 0.4) is 0 Å². The molecule has 0 radical (unpaired) electrons. The van der Waals surface area contributed by atoms with Crippen LogP contribution in [0, 0.1) is 0 Å². The lowest BCUT2D eigenvalue weighted by Crippen LogP contribution is -2.26. The van der Waals surface area contributed by atoms with Crippen LogP contribution < -0.4 is 16.8 Å². The smallest absolute Gasteiger partial charge is 0.336 e. The van der Waals surface area contributed by atoms with Crippen molar-refractivity contribution >= 4 is 57.9 Å². The fourth-order valence-corrected chi connectivity index (χ4v) is 3.76. The molecule has 33 heavy (non-hydrogen) atoms. The molecule has 7 nitrogen and oxygen atoms in total. The molecule has 0 spiro atoms. The Bertz CT molecular complexity index is 1230. The number of benzene rings is 3. The third kappa shape index (κ3) is 6.35. The first kappa shape index (κ1) is 23.8.